The molecule has 1 aromatic rings. The molecule has 2 heterocycles. The lowest BCUT2D eigenvalue weighted by molar-refractivity contribution is -0.116. The van der Waals surface area contributed by atoms with Crippen LogP contribution in [0.3, 0.4) is 0 Å². The number of carbonyl (C=O) groups is 2. The van der Waals surface area contributed by atoms with E-state index >= 15 is 0 Å². The molecule has 0 saturated heterocycles. The molecule has 5 nitrogen and oxygen atoms in total. The zero-order chi connectivity index (χ0) is 12.7. The van der Waals surface area contributed by atoms with E-state index in [1.54, 1.807) is 11.8 Å². The molecule has 1 N–H and O–H groups in total. The van der Waals surface area contributed by atoms with Crippen LogP contribution in [0, 0.1) is 0 Å². The Morgan fingerprint density at radius 1 is 1.44 bits per heavy atom. The van der Waals surface area contributed by atoms with Gasteiger partial charge in [-0.25, -0.2) is 4.98 Å². The lowest BCUT2D eigenvalue weighted by Gasteiger charge is -2.23. The second-order valence-electron chi connectivity index (χ2n) is 4.79. The van der Waals surface area contributed by atoms with Crippen LogP contribution in [0.1, 0.15) is 40.9 Å². The van der Waals surface area contributed by atoms with Crippen molar-refractivity contribution >= 4 is 29.0 Å². The van der Waals surface area contributed by atoms with Crippen molar-refractivity contribution in [3.63, 3.8) is 0 Å². The zero-order valence-electron chi connectivity index (χ0n) is 10.2. The third kappa shape index (κ3) is 2.12. The van der Waals surface area contributed by atoms with Crippen molar-refractivity contribution in [3.8, 4) is 0 Å². The number of anilines is 1. The average Bonchev–Trinajstić information content (AvgIpc) is 3.04. The molecule has 96 valence electrons. The van der Waals surface area contributed by atoms with Crippen molar-refractivity contribution < 1.29 is 9.59 Å². The van der Waals surface area contributed by atoms with Gasteiger partial charge in [0.15, 0.2) is 5.01 Å². The number of rotatable bonds is 2. The van der Waals surface area contributed by atoms with Crippen LogP contribution in [0.25, 0.3) is 0 Å². The molecule has 1 aliphatic heterocycles. The van der Waals surface area contributed by atoms with E-state index in [9.17, 15) is 9.59 Å². The molecule has 2 aliphatic rings. The number of amides is 2. The Kier molecular flexibility index (Phi) is 2.81. The first-order valence-electron chi connectivity index (χ1n) is 6.24. The van der Waals surface area contributed by atoms with E-state index in [4.69, 9.17) is 0 Å². The average molecular weight is 265 g/mol. The van der Waals surface area contributed by atoms with Gasteiger partial charge in [0.1, 0.15) is 5.82 Å². The fourth-order valence-electron chi connectivity index (χ4n) is 2.10. The van der Waals surface area contributed by atoms with Crippen LogP contribution in [0.15, 0.2) is 0 Å². The number of aryl methyl sites for hydroxylation is 1. The molecule has 1 saturated carbocycles. The number of carbonyl (C=O) groups excluding carboxylic acids is 2. The highest BCUT2D eigenvalue weighted by molar-refractivity contribution is 7.14. The summed E-state index contributed by atoms with van der Waals surface area (Å²) in [5.41, 5.74) is 0. The molecule has 0 radical (unpaired) electrons. The molecule has 0 bridgehead atoms. The highest BCUT2D eigenvalue weighted by Gasteiger charge is 2.29. The van der Waals surface area contributed by atoms with Gasteiger partial charge in [-0.1, -0.05) is 0 Å². The van der Waals surface area contributed by atoms with Gasteiger partial charge in [0.25, 0.3) is 5.91 Å². The van der Waals surface area contributed by atoms with Gasteiger partial charge in [-0.3, -0.25) is 14.5 Å². The topological polar surface area (TPSA) is 62.3 Å². The van der Waals surface area contributed by atoms with E-state index < -0.39 is 0 Å². The van der Waals surface area contributed by atoms with Crippen LogP contribution in [-0.4, -0.2) is 29.4 Å². The number of aromatic nitrogens is 1. The summed E-state index contributed by atoms with van der Waals surface area (Å²) in [5.74, 6) is 0.593. The van der Waals surface area contributed by atoms with E-state index in [2.05, 4.69) is 10.3 Å². The molecule has 1 fully saturated rings. The normalized spacial score (nSPS) is 18.4. The van der Waals surface area contributed by atoms with Gasteiger partial charge in [-0.05, 0) is 25.7 Å². The lowest BCUT2D eigenvalue weighted by Crippen LogP contribution is -2.33. The minimum absolute atomic E-state index is 0.00426. The molecule has 0 unspecified atom stereocenters. The predicted molar refractivity (Wildman–Crippen MR) is 69.0 cm³/mol. The smallest absolute Gasteiger partial charge is 0.280 e. The van der Waals surface area contributed by atoms with Gasteiger partial charge in [-0.15, -0.1) is 11.3 Å². The fourth-order valence-corrected chi connectivity index (χ4v) is 3.11. The van der Waals surface area contributed by atoms with Crippen LogP contribution in [0.5, 0.6) is 0 Å². The zero-order valence-corrected chi connectivity index (χ0v) is 11.0. The van der Waals surface area contributed by atoms with Crippen LogP contribution in [-0.2, 0) is 11.2 Å². The molecule has 1 aromatic heterocycles. The summed E-state index contributed by atoms with van der Waals surface area (Å²) in [6.07, 6.45) is 3.98. The molecule has 1 aliphatic carbocycles. The lowest BCUT2D eigenvalue weighted by atomic mass is 10.2. The number of hydrogen-bond donors (Lipinski definition) is 1. The van der Waals surface area contributed by atoms with Gasteiger partial charge in [0.05, 0.1) is 0 Å². The van der Waals surface area contributed by atoms with E-state index in [0.717, 1.165) is 30.6 Å². The van der Waals surface area contributed by atoms with E-state index in [1.165, 1.54) is 11.3 Å². The Bertz CT molecular complexity index is 507. The second-order valence-corrected chi connectivity index (χ2v) is 5.87. The number of nitrogens with zero attached hydrogens (tertiary/aromatic N) is 2. The van der Waals surface area contributed by atoms with Crippen molar-refractivity contribution in [2.24, 2.45) is 0 Å². The fraction of sp³-hybridized carbons (Fsp3) is 0.583. The van der Waals surface area contributed by atoms with Gasteiger partial charge in [-0.2, -0.15) is 0 Å². The Balaban J connectivity index is 1.85. The number of hydrogen-bond acceptors (Lipinski definition) is 4. The third-order valence-electron chi connectivity index (χ3n) is 3.20. The highest BCUT2D eigenvalue weighted by Crippen LogP contribution is 2.32. The molecule has 2 amide bonds. The molecular weight excluding hydrogens is 250 g/mol. The maximum atomic E-state index is 11.9. The third-order valence-corrected chi connectivity index (χ3v) is 4.31. The Hall–Kier alpha value is -1.43. The van der Waals surface area contributed by atoms with E-state index in [0.29, 0.717) is 23.4 Å². The Labute approximate surface area is 109 Å². The number of fused-ring (bicyclic) bond motifs is 1. The quantitative estimate of drug-likeness (QED) is 0.877. The molecule has 6 heteroatoms. The van der Waals surface area contributed by atoms with Gasteiger partial charge < -0.3 is 5.32 Å². The van der Waals surface area contributed by atoms with E-state index in [-0.39, 0.29) is 11.8 Å². The largest absolute Gasteiger partial charge is 0.347 e. The van der Waals surface area contributed by atoms with Gasteiger partial charge >= 0.3 is 0 Å². The molecular formula is C12H15N3O2S. The minimum atomic E-state index is -0.0968. The van der Waals surface area contributed by atoms with Gasteiger partial charge in [0.2, 0.25) is 5.91 Å². The molecule has 3 rings (SSSR count). The number of thiazole rings is 1. The molecule has 0 atom stereocenters. The van der Waals surface area contributed by atoms with Crippen molar-refractivity contribution in [2.45, 2.75) is 38.6 Å². The number of nitrogens with one attached hydrogen (secondary N) is 1. The minimum Gasteiger partial charge on any atom is -0.347 e. The van der Waals surface area contributed by atoms with E-state index in [1.807, 2.05) is 0 Å². The summed E-state index contributed by atoms with van der Waals surface area (Å²) in [7, 11) is 0. The first kappa shape index (κ1) is 11.6. The van der Waals surface area contributed by atoms with Crippen molar-refractivity contribution in [1.29, 1.82) is 0 Å². The standard InChI is InChI=1S/C12H15N3O2S/c1-7(16)15-6-2-3-9-10(15)14-12(18-9)11(17)13-8-4-5-8/h8H,2-6H2,1H3,(H,13,17). The Morgan fingerprint density at radius 3 is 2.89 bits per heavy atom. The van der Waals surface area contributed by atoms with Crippen LogP contribution in [0.2, 0.25) is 0 Å². The maximum Gasteiger partial charge on any atom is 0.280 e. The first-order chi connectivity index (χ1) is 8.65. The summed E-state index contributed by atoms with van der Waals surface area (Å²) in [6.45, 7) is 2.24. The summed E-state index contributed by atoms with van der Waals surface area (Å²) >= 11 is 1.42. The molecule has 0 spiro atoms. The summed E-state index contributed by atoms with van der Waals surface area (Å²) in [4.78, 5) is 30.5. The SMILES string of the molecule is CC(=O)N1CCCc2sc(C(=O)NC3CC3)nc21. The van der Waals surface area contributed by atoms with Crippen LogP contribution in [0.4, 0.5) is 5.82 Å². The summed E-state index contributed by atoms with van der Waals surface area (Å²) in [5, 5.41) is 3.42. The van der Waals surface area contributed by atoms with Crippen molar-refractivity contribution in [3.05, 3.63) is 9.88 Å². The van der Waals surface area contributed by atoms with Gasteiger partial charge in [0, 0.05) is 24.4 Å². The molecule has 18 heavy (non-hydrogen) atoms. The Morgan fingerprint density at radius 2 is 2.22 bits per heavy atom. The monoisotopic (exact) mass is 265 g/mol. The second kappa shape index (κ2) is 4.35. The van der Waals surface area contributed by atoms with Crippen molar-refractivity contribution in [1.82, 2.24) is 10.3 Å². The summed E-state index contributed by atoms with van der Waals surface area (Å²) in [6, 6.07) is 0.335. The molecule has 0 aromatic carbocycles. The van der Waals surface area contributed by atoms with Crippen LogP contribution >= 0.6 is 11.3 Å². The summed E-state index contributed by atoms with van der Waals surface area (Å²) < 4.78 is 0. The first-order valence-corrected chi connectivity index (χ1v) is 7.05. The highest BCUT2D eigenvalue weighted by atomic mass is 32.1. The maximum absolute atomic E-state index is 11.9. The van der Waals surface area contributed by atoms with Crippen LogP contribution < -0.4 is 10.2 Å². The predicted octanol–water partition coefficient (Wildman–Crippen LogP) is 1.33. The van der Waals surface area contributed by atoms with Crippen molar-refractivity contribution in [2.75, 3.05) is 11.4 Å².